The van der Waals surface area contributed by atoms with Gasteiger partial charge in [0.2, 0.25) is 0 Å². The Morgan fingerprint density at radius 3 is 2.71 bits per heavy atom. The van der Waals surface area contributed by atoms with Gasteiger partial charge < -0.3 is 14.8 Å². The number of aryl methyl sites for hydroxylation is 1. The SMILES string of the molecule is Cc1c(C(=O)NC(CC(=O)O)C2CC2)oc2ccccc12. The first-order valence-electron chi connectivity index (χ1n) is 7.07. The molecule has 21 heavy (non-hydrogen) atoms. The number of carbonyl (C=O) groups excluding carboxylic acids is 1. The molecule has 1 atom stereocenters. The number of para-hydroxylation sites is 1. The Labute approximate surface area is 121 Å². The van der Waals surface area contributed by atoms with Gasteiger partial charge in [0.25, 0.3) is 5.91 Å². The van der Waals surface area contributed by atoms with E-state index in [4.69, 9.17) is 9.52 Å². The first-order valence-corrected chi connectivity index (χ1v) is 7.07. The number of amides is 1. The highest BCUT2D eigenvalue weighted by Gasteiger charge is 2.34. The van der Waals surface area contributed by atoms with Crippen LogP contribution in [-0.4, -0.2) is 23.0 Å². The van der Waals surface area contributed by atoms with E-state index in [9.17, 15) is 9.59 Å². The smallest absolute Gasteiger partial charge is 0.305 e. The second-order valence-corrected chi connectivity index (χ2v) is 5.57. The van der Waals surface area contributed by atoms with Crippen LogP contribution in [0.5, 0.6) is 0 Å². The molecule has 1 aliphatic rings. The van der Waals surface area contributed by atoms with Gasteiger partial charge in [-0.2, -0.15) is 0 Å². The van der Waals surface area contributed by atoms with Gasteiger partial charge >= 0.3 is 5.97 Å². The predicted molar refractivity (Wildman–Crippen MR) is 77.2 cm³/mol. The fraction of sp³-hybridized carbons (Fsp3) is 0.375. The molecule has 0 bridgehead atoms. The molecule has 1 saturated carbocycles. The van der Waals surface area contributed by atoms with Gasteiger partial charge in [0, 0.05) is 17.0 Å². The van der Waals surface area contributed by atoms with E-state index in [0.29, 0.717) is 5.58 Å². The zero-order valence-corrected chi connectivity index (χ0v) is 11.8. The van der Waals surface area contributed by atoms with E-state index in [-0.39, 0.29) is 30.0 Å². The van der Waals surface area contributed by atoms with Crippen LogP contribution < -0.4 is 5.32 Å². The molecule has 5 nitrogen and oxygen atoms in total. The minimum Gasteiger partial charge on any atom is -0.481 e. The topological polar surface area (TPSA) is 79.5 Å². The van der Waals surface area contributed by atoms with E-state index in [1.165, 1.54) is 0 Å². The zero-order chi connectivity index (χ0) is 15.0. The number of aliphatic carboxylic acids is 1. The van der Waals surface area contributed by atoms with Crippen LogP contribution >= 0.6 is 0 Å². The Kier molecular flexibility index (Phi) is 3.41. The van der Waals surface area contributed by atoms with Crippen molar-refractivity contribution in [2.45, 2.75) is 32.2 Å². The van der Waals surface area contributed by atoms with Crippen LogP contribution in [-0.2, 0) is 4.79 Å². The summed E-state index contributed by atoms with van der Waals surface area (Å²) >= 11 is 0. The fourth-order valence-electron chi connectivity index (χ4n) is 2.65. The number of hydrogen-bond acceptors (Lipinski definition) is 3. The highest BCUT2D eigenvalue weighted by molar-refractivity contribution is 5.99. The van der Waals surface area contributed by atoms with Crippen LogP contribution in [0.25, 0.3) is 11.0 Å². The van der Waals surface area contributed by atoms with Crippen molar-refractivity contribution in [3.05, 3.63) is 35.6 Å². The van der Waals surface area contributed by atoms with Crippen molar-refractivity contribution >= 4 is 22.8 Å². The molecule has 1 heterocycles. The Morgan fingerprint density at radius 1 is 1.38 bits per heavy atom. The quantitative estimate of drug-likeness (QED) is 0.886. The average molecular weight is 287 g/mol. The number of rotatable bonds is 5. The molecule has 2 N–H and O–H groups in total. The average Bonchev–Trinajstić information content (AvgIpc) is 3.23. The number of carbonyl (C=O) groups is 2. The molecule has 1 aromatic carbocycles. The zero-order valence-electron chi connectivity index (χ0n) is 11.8. The summed E-state index contributed by atoms with van der Waals surface area (Å²) in [7, 11) is 0. The van der Waals surface area contributed by atoms with Crippen molar-refractivity contribution in [1.82, 2.24) is 5.32 Å². The predicted octanol–water partition coefficient (Wildman–Crippen LogP) is 2.72. The van der Waals surface area contributed by atoms with Crippen LogP contribution in [0.15, 0.2) is 28.7 Å². The van der Waals surface area contributed by atoms with Gasteiger partial charge in [0.15, 0.2) is 5.76 Å². The van der Waals surface area contributed by atoms with Crippen LogP contribution in [0.3, 0.4) is 0 Å². The van der Waals surface area contributed by atoms with Gasteiger partial charge in [-0.05, 0) is 31.7 Å². The summed E-state index contributed by atoms with van der Waals surface area (Å²) in [6.45, 7) is 1.84. The maximum atomic E-state index is 12.4. The van der Waals surface area contributed by atoms with Crippen LogP contribution in [0.1, 0.15) is 35.4 Å². The third-order valence-electron chi connectivity index (χ3n) is 3.95. The lowest BCUT2D eigenvalue weighted by atomic mass is 10.1. The Hall–Kier alpha value is -2.30. The van der Waals surface area contributed by atoms with Crippen LogP contribution in [0.4, 0.5) is 0 Å². The van der Waals surface area contributed by atoms with E-state index >= 15 is 0 Å². The summed E-state index contributed by atoms with van der Waals surface area (Å²) in [6.07, 6.45) is 1.89. The minimum atomic E-state index is -0.895. The monoisotopic (exact) mass is 287 g/mol. The summed E-state index contributed by atoms with van der Waals surface area (Å²) in [5.74, 6) is -0.683. The van der Waals surface area contributed by atoms with Gasteiger partial charge in [0.05, 0.1) is 6.42 Å². The third-order valence-corrected chi connectivity index (χ3v) is 3.95. The molecule has 1 fully saturated rings. The lowest BCUT2D eigenvalue weighted by molar-refractivity contribution is -0.137. The highest BCUT2D eigenvalue weighted by atomic mass is 16.4. The van der Waals surface area contributed by atoms with Gasteiger partial charge in [-0.15, -0.1) is 0 Å². The largest absolute Gasteiger partial charge is 0.481 e. The van der Waals surface area contributed by atoms with E-state index < -0.39 is 5.97 Å². The molecule has 0 aliphatic heterocycles. The summed E-state index contributed by atoms with van der Waals surface area (Å²) in [4.78, 5) is 23.3. The maximum Gasteiger partial charge on any atom is 0.305 e. The molecular weight excluding hydrogens is 270 g/mol. The maximum absolute atomic E-state index is 12.4. The molecule has 0 spiro atoms. The second kappa shape index (κ2) is 5.24. The molecule has 1 amide bonds. The lowest BCUT2D eigenvalue weighted by Crippen LogP contribution is -2.38. The van der Waals surface area contributed by atoms with Gasteiger partial charge in [-0.3, -0.25) is 9.59 Å². The molecule has 3 rings (SSSR count). The summed E-state index contributed by atoms with van der Waals surface area (Å²) in [6, 6.07) is 7.14. The molecular formula is C16H17NO4. The van der Waals surface area contributed by atoms with Crippen molar-refractivity contribution in [3.8, 4) is 0 Å². The summed E-state index contributed by atoms with van der Waals surface area (Å²) in [5, 5.41) is 12.7. The van der Waals surface area contributed by atoms with E-state index in [1.54, 1.807) is 0 Å². The van der Waals surface area contributed by atoms with Crippen molar-refractivity contribution < 1.29 is 19.1 Å². The van der Waals surface area contributed by atoms with Crippen LogP contribution in [0, 0.1) is 12.8 Å². The van der Waals surface area contributed by atoms with Crippen molar-refractivity contribution in [1.29, 1.82) is 0 Å². The van der Waals surface area contributed by atoms with Crippen molar-refractivity contribution in [2.75, 3.05) is 0 Å². The second-order valence-electron chi connectivity index (χ2n) is 5.57. The number of fused-ring (bicyclic) bond motifs is 1. The number of hydrogen-bond donors (Lipinski definition) is 2. The molecule has 1 aromatic heterocycles. The number of benzene rings is 1. The van der Waals surface area contributed by atoms with Gasteiger partial charge in [0.1, 0.15) is 5.58 Å². The van der Waals surface area contributed by atoms with E-state index in [1.807, 2.05) is 31.2 Å². The van der Waals surface area contributed by atoms with Gasteiger partial charge in [-0.1, -0.05) is 18.2 Å². The Morgan fingerprint density at radius 2 is 2.10 bits per heavy atom. The van der Waals surface area contributed by atoms with Crippen molar-refractivity contribution in [2.24, 2.45) is 5.92 Å². The highest BCUT2D eigenvalue weighted by Crippen LogP contribution is 2.34. The Bertz CT molecular complexity index is 699. The summed E-state index contributed by atoms with van der Waals surface area (Å²) in [5.41, 5.74) is 1.45. The van der Waals surface area contributed by atoms with Gasteiger partial charge in [-0.25, -0.2) is 0 Å². The molecule has 5 heteroatoms. The lowest BCUT2D eigenvalue weighted by Gasteiger charge is -2.15. The third kappa shape index (κ3) is 2.77. The molecule has 1 aliphatic carbocycles. The minimum absolute atomic E-state index is 0.0459. The first-order chi connectivity index (χ1) is 10.1. The van der Waals surface area contributed by atoms with E-state index in [2.05, 4.69) is 5.32 Å². The normalized spacial score (nSPS) is 15.9. The number of carboxylic acid groups (broad SMARTS) is 1. The molecule has 110 valence electrons. The van der Waals surface area contributed by atoms with Crippen LogP contribution in [0.2, 0.25) is 0 Å². The molecule has 2 aromatic rings. The van der Waals surface area contributed by atoms with Crippen molar-refractivity contribution in [3.63, 3.8) is 0 Å². The molecule has 1 unspecified atom stereocenters. The number of nitrogens with one attached hydrogen (secondary N) is 1. The number of carboxylic acids is 1. The van der Waals surface area contributed by atoms with E-state index in [0.717, 1.165) is 23.8 Å². The fourth-order valence-corrected chi connectivity index (χ4v) is 2.65. The summed E-state index contributed by atoms with van der Waals surface area (Å²) < 4.78 is 5.61. The number of furan rings is 1. The standard InChI is InChI=1S/C16H17NO4/c1-9-11-4-2-3-5-13(11)21-15(9)16(20)17-12(8-14(18)19)10-6-7-10/h2-5,10,12H,6-8H2,1H3,(H,17,20)(H,18,19). The first kappa shape index (κ1) is 13.7. The Balaban J connectivity index is 1.82. The molecule has 0 radical (unpaired) electrons. The molecule has 0 saturated heterocycles.